The van der Waals surface area contributed by atoms with Crippen molar-refractivity contribution in [3.05, 3.63) is 36.5 Å². The normalized spacial score (nSPS) is 16.8. The van der Waals surface area contributed by atoms with Gasteiger partial charge in [-0.1, -0.05) is 18.2 Å². The summed E-state index contributed by atoms with van der Waals surface area (Å²) in [4.78, 5) is 4.40. The minimum atomic E-state index is 0.396. The van der Waals surface area contributed by atoms with Crippen LogP contribution in [-0.2, 0) is 0 Å². The molecule has 1 aliphatic carbocycles. The topological polar surface area (TPSA) is 22.1 Å². The Kier molecular flexibility index (Phi) is 2.49. The predicted molar refractivity (Wildman–Crippen MR) is 64.6 cm³/mol. The Balaban J connectivity index is 1.96. The van der Waals surface area contributed by atoms with Crippen molar-refractivity contribution in [3.63, 3.8) is 0 Å². The molecule has 0 unspecified atom stereocenters. The monoisotopic (exact) mass is 213 g/mol. The fourth-order valence-corrected chi connectivity index (χ4v) is 2.36. The van der Waals surface area contributed by atoms with Gasteiger partial charge in [0.05, 0.1) is 6.10 Å². The first-order valence-electron chi connectivity index (χ1n) is 5.94. The first kappa shape index (κ1) is 9.64. The number of benzene rings is 1. The maximum absolute atomic E-state index is 6.03. The molecule has 1 aromatic heterocycles. The van der Waals surface area contributed by atoms with E-state index >= 15 is 0 Å². The van der Waals surface area contributed by atoms with Crippen molar-refractivity contribution in [1.82, 2.24) is 4.98 Å². The lowest BCUT2D eigenvalue weighted by Crippen LogP contribution is -2.11. The predicted octanol–water partition coefficient (Wildman–Crippen LogP) is 3.56. The highest BCUT2D eigenvalue weighted by atomic mass is 16.5. The number of hydrogen-bond donors (Lipinski definition) is 0. The minimum absolute atomic E-state index is 0.396. The van der Waals surface area contributed by atoms with Crippen molar-refractivity contribution < 1.29 is 4.74 Å². The summed E-state index contributed by atoms with van der Waals surface area (Å²) >= 11 is 0. The van der Waals surface area contributed by atoms with Crippen LogP contribution in [0.4, 0.5) is 0 Å². The molecule has 1 fully saturated rings. The molecule has 0 radical (unpaired) electrons. The lowest BCUT2D eigenvalue weighted by molar-refractivity contribution is 0.212. The van der Waals surface area contributed by atoms with Crippen LogP contribution >= 0.6 is 0 Å². The molecule has 1 aromatic carbocycles. The number of ether oxygens (including phenoxy) is 1. The molecule has 2 heteroatoms. The van der Waals surface area contributed by atoms with Crippen molar-refractivity contribution in [1.29, 1.82) is 0 Å². The fourth-order valence-electron chi connectivity index (χ4n) is 2.36. The van der Waals surface area contributed by atoms with Crippen LogP contribution in [0.5, 0.6) is 5.75 Å². The van der Waals surface area contributed by atoms with Gasteiger partial charge in [0.15, 0.2) is 0 Å². The smallest absolute Gasteiger partial charge is 0.145 e. The molecule has 1 saturated carbocycles. The van der Waals surface area contributed by atoms with Crippen LogP contribution in [0.2, 0.25) is 0 Å². The zero-order valence-corrected chi connectivity index (χ0v) is 9.23. The number of para-hydroxylation sites is 1. The van der Waals surface area contributed by atoms with E-state index in [0.717, 1.165) is 16.7 Å². The fraction of sp³-hybridized carbons (Fsp3) is 0.357. The van der Waals surface area contributed by atoms with Gasteiger partial charge in [0, 0.05) is 11.6 Å². The molecule has 0 atom stereocenters. The second kappa shape index (κ2) is 4.12. The van der Waals surface area contributed by atoms with Crippen LogP contribution in [0.3, 0.4) is 0 Å². The van der Waals surface area contributed by atoms with Crippen LogP contribution in [-0.4, -0.2) is 11.1 Å². The first-order valence-corrected chi connectivity index (χ1v) is 5.94. The highest BCUT2D eigenvalue weighted by Crippen LogP contribution is 2.28. The molecule has 82 valence electrons. The number of fused-ring (bicyclic) bond motifs is 1. The molecule has 0 saturated heterocycles. The van der Waals surface area contributed by atoms with Gasteiger partial charge in [-0.15, -0.1) is 0 Å². The Hall–Kier alpha value is -1.57. The summed E-state index contributed by atoms with van der Waals surface area (Å²) < 4.78 is 6.03. The number of aromatic nitrogens is 1. The van der Waals surface area contributed by atoms with Crippen LogP contribution in [0, 0.1) is 0 Å². The molecule has 2 aromatic rings. The van der Waals surface area contributed by atoms with E-state index in [2.05, 4.69) is 17.1 Å². The van der Waals surface area contributed by atoms with E-state index in [1.807, 2.05) is 24.4 Å². The molecule has 0 spiro atoms. The lowest BCUT2D eigenvalue weighted by atomic mass is 10.2. The van der Waals surface area contributed by atoms with Crippen molar-refractivity contribution in [2.24, 2.45) is 0 Å². The Bertz CT molecular complexity index is 484. The second-order valence-corrected chi connectivity index (χ2v) is 4.36. The average molecular weight is 213 g/mol. The third-order valence-corrected chi connectivity index (χ3v) is 3.19. The number of nitrogens with zero attached hydrogens (tertiary/aromatic N) is 1. The quantitative estimate of drug-likeness (QED) is 0.761. The third kappa shape index (κ3) is 1.75. The maximum atomic E-state index is 6.03. The first-order chi connectivity index (χ1) is 7.93. The van der Waals surface area contributed by atoms with Gasteiger partial charge >= 0.3 is 0 Å². The summed E-state index contributed by atoms with van der Waals surface area (Å²) in [6, 6.07) is 10.2. The third-order valence-electron chi connectivity index (χ3n) is 3.19. The Morgan fingerprint density at radius 3 is 2.75 bits per heavy atom. The molecule has 0 bridgehead atoms. The van der Waals surface area contributed by atoms with Gasteiger partial charge < -0.3 is 4.74 Å². The largest absolute Gasteiger partial charge is 0.488 e. The van der Waals surface area contributed by atoms with Crippen LogP contribution in [0.25, 0.3) is 10.9 Å². The highest BCUT2D eigenvalue weighted by molar-refractivity contribution is 5.84. The van der Waals surface area contributed by atoms with E-state index in [-0.39, 0.29) is 0 Å². The summed E-state index contributed by atoms with van der Waals surface area (Å²) in [5, 5.41) is 1.15. The molecule has 1 heterocycles. The van der Waals surface area contributed by atoms with E-state index < -0.39 is 0 Å². The van der Waals surface area contributed by atoms with E-state index in [1.165, 1.54) is 25.7 Å². The van der Waals surface area contributed by atoms with E-state index in [1.54, 1.807) is 0 Å². The Labute approximate surface area is 95.3 Å². The number of hydrogen-bond acceptors (Lipinski definition) is 2. The lowest BCUT2D eigenvalue weighted by Gasteiger charge is -2.14. The van der Waals surface area contributed by atoms with Gasteiger partial charge in [0.1, 0.15) is 11.3 Å². The van der Waals surface area contributed by atoms with Crippen molar-refractivity contribution >= 4 is 10.9 Å². The second-order valence-electron chi connectivity index (χ2n) is 4.36. The van der Waals surface area contributed by atoms with Gasteiger partial charge in [-0.3, -0.25) is 4.98 Å². The SMILES string of the molecule is c1cnc2c(OC3CCCC3)cccc2c1. The van der Waals surface area contributed by atoms with Crippen LogP contribution in [0.1, 0.15) is 25.7 Å². The molecule has 2 nitrogen and oxygen atoms in total. The van der Waals surface area contributed by atoms with Crippen LogP contribution in [0.15, 0.2) is 36.5 Å². The van der Waals surface area contributed by atoms with Gasteiger partial charge in [-0.05, 0) is 37.8 Å². The number of rotatable bonds is 2. The van der Waals surface area contributed by atoms with Crippen molar-refractivity contribution in [2.75, 3.05) is 0 Å². The van der Waals surface area contributed by atoms with Gasteiger partial charge in [-0.25, -0.2) is 0 Å². The van der Waals surface area contributed by atoms with Gasteiger partial charge in [-0.2, -0.15) is 0 Å². The average Bonchev–Trinajstić information content (AvgIpc) is 2.82. The summed E-state index contributed by atoms with van der Waals surface area (Å²) in [6.45, 7) is 0. The maximum Gasteiger partial charge on any atom is 0.145 e. The minimum Gasteiger partial charge on any atom is -0.488 e. The molecular weight excluding hydrogens is 198 g/mol. The van der Waals surface area contributed by atoms with Gasteiger partial charge in [0.2, 0.25) is 0 Å². The van der Waals surface area contributed by atoms with E-state index in [9.17, 15) is 0 Å². The summed E-state index contributed by atoms with van der Waals surface area (Å²) in [5.74, 6) is 0.935. The molecule has 1 aliphatic rings. The van der Waals surface area contributed by atoms with E-state index in [0.29, 0.717) is 6.10 Å². The summed E-state index contributed by atoms with van der Waals surface area (Å²) in [5.41, 5.74) is 0.983. The van der Waals surface area contributed by atoms with Gasteiger partial charge in [0.25, 0.3) is 0 Å². The molecule has 0 aliphatic heterocycles. The summed E-state index contributed by atoms with van der Waals surface area (Å²) in [7, 11) is 0. The number of pyridine rings is 1. The standard InChI is InChI=1S/C14H15NO/c1-2-8-12(7-1)16-13-9-3-5-11-6-4-10-15-14(11)13/h3-6,9-10,12H,1-2,7-8H2. The molecule has 0 amide bonds. The Morgan fingerprint density at radius 1 is 1.06 bits per heavy atom. The Morgan fingerprint density at radius 2 is 1.88 bits per heavy atom. The van der Waals surface area contributed by atoms with E-state index in [4.69, 9.17) is 4.74 Å². The van der Waals surface area contributed by atoms with Crippen LogP contribution < -0.4 is 4.74 Å². The van der Waals surface area contributed by atoms with Crippen molar-refractivity contribution in [3.8, 4) is 5.75 Å². The molecule has 0 N–H and O–H groups in total. The zero-order chi connectivity index (χ0) is 10.8. The molecule has 3 rings (SSSR count). The van der Waals surface area contributed by atoms with Crippen molar-refractivity contribution in [2.45, 2.75) is 31.8 Å². The molecule has 16 heavy (non-hydrogen) atoms. The zero-order valence-electron chi connectivity index (χ0n) is 9.23. The molecular formula is C14H15NO. The highest BCUT2D eigenvalue weighted by Gasteiger charge is 2.17. The summed E-state index contributed by atoms with van der Waals surface area (Å²) in [6.07, 6.45) is 7.18.